The Morgan fingerprint density at radius 3 is 2.18 bits per heavy atom. The lowest BCUT2D eigenvalue weighted by atomic mass is 9.98. The van der Waals surface area contributed by atoms with E-state index in [0.717, 1.165) is 52.6 Å². The van der Waals surface area contributed by atoms with E-state index in [1.54, 1.807) is 0 Å². The summed E-state index contributed by atoms with van der Waals surface area (Å²) in [5, 5.41) is 0. The minimum absolute atomic E-state index is 0.341. The molecule has 120 valence electrons. The van der Waals surface area contributed by atoms with E-state index < -0.39 is 0 Å². The maximum absolute atomic E-state index is 5.53. The molecule has 0 aromatic heterocycles. The van der Waals surface area contributed by atoms with Gasteiger partial charge in [0.25, 0.3) is 0 Å². The highest BCUT2D eigenvalue weighted by Crippen LogP contribution is 2.29. The Morgan fingerprint density at radius 1 is 0.955 bits per heavy atom. The first kappa shape index (κ1) is 15.5. The lowest BCUT2D eigenvalue weighted by Crippen LogP contribution is -2.40. The van der Waals surface area contributed by atoms with E-state index in [0.29, 0.717) is 6.04 Å². The van der Waals surface area contributed by atoms with Crippen molar-refractivity contribution in [3.8, 4) is 0 Å². The van der Waals surface area contributed by atoms with Gasteiger partial charge in [0.15, 0.2) is 0 Å². The summed E-state index contributed by atoms with van der Waals surface area (Å²) in [6.07, 6.45) is 2.33. The topological polar surface area (TPSA) is 24.9 Å². The molecule has 2 aliphatic rings. The van der Waals surface area contributed by atoms with Gasteiger partial charge < -0.3 is 14.4 Å². The average molecular weight is 302 g/mol. The third-order valence-electron chi connectivity index (χ3n) is 4.39. The second kappa shape index (κ2) is 7.77. The smallest absolute Gasteiger partial charge is 0.0642 e. The zero-order chi connectivity index (χ0) is 15.2. The summed E-state index contributed by atoms with van der Waals surface area (Å²) in [5.74, 6) is 0. The Hall–Kier alpha value is -1.36. The molecule has 0 radical (unpaired) electrons. The average Bonchev–Trinajstić information content (AvgIpc) is 2.58. The van der Waals surface area contributed by atoms with Crippen LogP contribution in [0.15, 0.2) is 42.1 Å². The molecule has 1 aromatic carbocycles. The molecule has 2 aliphatic heterocycles. The first-order valence-corrected chi connectivity index (χ1v) is 8.21. The molecule has 1 aromatic rings. The summed E-state index contributed by atoms with van der Waals surface area (Å²) in [6.45, 7) is 9.53. The van der Waals surface area contributed by atoms with Gasteiger partial charge in [-0.2, -0.15) is 0 Å². The molecule has 0 N–H and O–H groups in total. The van der Waals surface area contributed by atoms with Crippen molar-refractivity contribution in [1.29, 1.82) is 0 Å². The Bertz CT molecular complexity index is 477. The van der Waals surface area contributed by atoms with Crippen LogP contribution in [0.3, 0.4) is 0 Å². The van der Waals surface area contributed by atoms with Gasteiger partial charge in [0.05, 0.1) is 32.5 Å². The maximum Gasteiger partial charge on any atom is 0.0642 e. The fourth-order valence-electron chi connectivity index (χ4n) is 3.30. The van der Waals surface area contributed by atoms with Crippen LogP contribution >= 0.6 is 0 Å². The van der Waals surface area contributed by atoms with Crippen molar-refractivity contribution in [3.63, 3.8) is 0 Å². The van der Waals surface area contributed by atoms with Crippen LogP contribution in [0, 0.1) is 0 Å². The van der Waals surface area contributed by atoms with Gasteiger partial charge in [0, 0.05) is 32.4 Å². The van der Waals surface area contributed by atoms with E-state index in [4.69, 9.17) is 9.47 Å². The summed E-state index contributed by atoms with van der Waals surface area (Å²) < 4.78 is 11.0. The van der Waals surface area contributed by atoms with Gasteiger partial charge in [0.2, 0.25) is 0 Å². The van der Waals surface area contributed by atoms with Crippen LogP contribution in [0.2, 0.25) is 0 Å². The molecule has 1 unspecified atom stereocenters. The molecule has 0 bridgehead atoms. The normalized spacial score (nSPS) is 22.6. The van der Waals surface area contributed by atoms with E-state index in [-0.39, 0.29) is 0 Å². The lowest BCUT2D eigenvalue weighted by molar-refractivity contribution is 0.0223. The molecule has 2 heterocycles. The lowest BCUT2D eigenvalue weighted by Gasteiger charge is -2.36. The van der Waals surface area contributed by atoms with E-state index >= 15 is 0 Å². The molecule has 0 saturated carbocycles. The molecule has 0 amide bonds. The molecule has 0 aliphatic carbocycles. The highest BCUT2D eigenvalue weighted by molar-refractivity contribution is 5.27. The summed E-state index contributed by atoms with van der Waals surface area (Å²) in [7, 11) is 0. The Kier molecular flexibility index (Phi) is 5.48. The summed E-state index contributed by atoms with van der Waals surface area (Å²) >= 11 is 0. The minimum atomic E-state index is 0.341. The third kappa shape index (κ3) is 3.88. The molecule has 22 heavy (non-hydrogen) atoms. The van der Waals surface area contributed by atoms with Crippen molar-refractivity contribution < 1.29 is 9.47 Å². The summed E-state index contributed by atoms with van der Waals surface area (Å²) in [4.78, 5) is 4.92. The summed E-state index contributed by atoms with van der Waals surface area (Å²) in [5.41, 5.74) is 2.77. The Labute approximate surface area is 133 Å². The van der Waals surface area contributed by atoms with Crippen LogP contribution < -0.4 is 0 Å². The number of morpholine rings is 2. The second-order valence-corrected chi connectivity index (χ2v) is 5.98. The third-order valence-corrected chi connectivity index (χ3v) is 4.39. The van der Waals surface area contributed by atoms with Crippen LogP contribution in [-0.4, -0.2) is 62.4 Å². The van der Waals surface area contributed by atoms with Gasteiger partial charge in [-0.1, -0.05) is 30.3 Å². The van der Waals surface area contributed by atoms with Gasteiger partial charge in [-0.25, -0.2) is 0 Å². The zero-order valence-corrected chi connectivity index (χ0v) is 13.4. The molecule has 4 heteroatoms. The van der Waals surface area contributed by atoms with Gasteiger partial charge in [-0.3, -0.25) is 4.90 Å². The molecule has 4 nitrogen and oxygen atoms in total. The fraction of sp³-hybridized carbons (Fsp3) is 0.556. The maximum atomic E-state index is 5.53. The van der Waals surface area contributed by atoms with Crippen molar-refractivity contribution in [1.82, 2.24) is 9.80 Å². The monoisotopic (exact) mass is 302 g/mol. The standard InChI is InChI=1S/C18H26N2O2/c1-16(15-19-7-11-21-12-8-19)18(17-5-3-2-4-6-17)20-9-13-22-14-10-20/h2-6,15,18H,7-14H2,1H3/b16-15+. The molecular formula is C18H26N2O2. The Morgan fingerprint density at radius 2 is 1.55 bits per heavy atom. The molecule has 3 rings (SSSR count). The highest BCUT2D eigenvalue weighted by atomic mass is 16.5. The second-order valence-electron chi connectivity index (χ2n) is 5.98. The van der Waals surface area contributed by atoms with Gasteiger partial charge in [-0.15, -0.1) is 0 Å². The van der Waals surface area contributed by atoms with Crippen LogP contribution in [0.5, 0.6) is 0 Å². The quantitative estimate of drug-likeness (QED) is 0.852. The van der Waals surface area contributed by atoms with Gasteiger partial charge in [-0.05, 0) is 18.1 Å². The predicted molar refractivity (Wildman–Crippen MR) is 87.7 cm³/mol. The first-order valence-electron chi connectivity index (χ1n) is 8.21. The fourth-order valence-corrected chi connectivity index (χ4v) is 3.30. The van der Waals surface area contributed by atoms with Crippen molar-refractivity contribution in [2.75, 3.05) is 52.6 Å². The largest absolute Gasteiger partial charge is 0.379 e. The van der Waals surface area contributed by atoms with Crippen molar-refractivity contribution in [2.24, 2.45) is 0 Å². The van der Waals surface area contributed by atoms with E-state index in [2.05, 4.69) is 53.3 Å². The minimum Gasteiger partial charge on any atom is -0.379 e. The summed E-state index contributed by atoms with van der Waals surface area (Å²) in [6, 6.07) is 11.2. The molecule has 1 atom stereocenters. The van der Waals surface area contributed by atoms with Crippen LogP contribution in [0.1, 0.15) is 18.5 Å². The number of nitrogens with zero attached hydrogens (tertiary/aromatic N) is 2. The van der Waals surface area contributed by atoms with E-state index in [9.17, 15) is 0 Å². The van der Waals surface area contributed by atoms with E-state index in [1.165, 1.54) is 11.1 Å². The van der Waals surface area contributed by atoms with Crippen LogP contribution in [0.4, 0.5) is 0 Å². The number of ether oxygens (including phenoxy) is 2. The van der Waals surface area contributed by atoms with E-state index in [1.807, 2.05) is 0 Å². The predicted octanol–water partition coefficient (Wildman–Crippen LogP) is 2.30. The number of rotatable bonds is 4. The molecule has 2 fully saturated rings. The molecular weight excluding hydrogens is 276 g/mol. The Balaban J connectivity index is 1.81. The van der Waals surface area contributed by atoms with Crippen LogP contribution in [-0.2, 0) is 9.47 Å². The molecule has 0 spiro atoms. The van der Waals surface area contributed by atoms with Crippen molar-refractivity contribution in [2.45, 2.75) is 13.0 Å². The van der Waals surface area contributed by atoms with Gasteiger partial charge >= 0.3 is 0 Å². The SMILES string of the molecule is C/C(=C\N1CCOCC1)C(c1ccccc1)N1CCOCC1. The number of hydrogen-bond donors (Lipinski definition) is 0. The highest BCUT2D eigenvalue weighted by Gasteiger charge is 2.24. The molecule has 2 saturated heterocycles. The zero-order valence-electron chi connectivity index (χ0n) is 13.4. The van der Waals surface area contributed by atoms with Crippen molar-refractivity contribution in [3.05, 3.63) is 47.7 Å². The first-order chi connectivity index (χ1) is 10.8. The van der Waals surface area contributed by atoms with Crippen LogP contribution in [0.25, 0.3) is 0 Å². The van der Waals surface area contributed by atoms with Crippen molar-refractivity contribution >= 4 is 0 Å². The number of hydrogen-bond acceptors (Lipinski definition) is 4. The number of benzene rings is 1. The van der Waals surface area contributed by atoms with Gasteiger partial charge in [0.1, 0.15) is 0 Å².